The molecule has 1 fully saturated rings. The van der Waals surface area contributed by atoms with Crippen LogP contribution in [-0.4, -0.2) is 18.1 Å². The predicted molar refractivity (Wildman–Crippen MR) is 88.1 cm³/mol. The fourth-order valence-electron chi connectivity index (χ4n) is 3.17. The van der Waals surface area contributed by atoms with E-state index in [0.29, 0.717) is 17.5 Å². The number of nitrogens with zero attached hydrogens (tertiary/aromatic N) is 1. The zero-order valence-corrected chi connectivity index (χ0v) is 13.0. The van der Waals surface area contributed by atoms with Crippen LogP contribution in [0.1, 0.15) is 29.9 Å². The van der Waals surface area contributed by atoms with Crippen LogP contribution in [0.3, 0.4) is 0 Å². The van der Waals surface area contributed by atoms with Gasteiger partial charge >= 0.3 is 0 Å². The molecule has 1 aromatic heterocycles. The molecule has 5 heteroatoms. The third-order valence-corrected chi connectivity index (χ3v) is 4.79. The molecule has 2 aliphatic rings. The van der Waals surface area contributed by atoms with Crippen LogP contribution < -0.4 is 15.4 Å². The number of ether oxygens (including phenoxy) is 1. The Labute approximate surface area is 134 Å². The molecule has 1 saturated heterocycles. The number of fused-ring (bicyclic) bond motifs is 2. The number of halogens is 1. The van der Waals surface area contributed by atoms with E-state index >= 15 is 0 Å². The van der Waals surface area contributed by atoms with Crippen molar-refractivity contribution in [2.75, 3.05) is 18.4 Å². The maximum atomic E-state index is 6.24. The molecule has 0 aliphatic carbocycles. The van der Waals surface area contributed by atoms with E-state index in [-0.39, 0.29) is 0 Å². The van der Waals surface area contributed by atoms with Crippen LogP contribution in [-0.2, 0) is 6.61 Å². The van der Waals surface area contributed by atoms with E-state index in [2.05, 4.69) is 33.8 Å². The first-order chi connectivity index (χ1) is 10.8. The maximum absolute atomic E-state index is 6.24. The zero-order valence-electron chi connectivity index (χ0n) is 12.2. The van der Waals surface area contributed by atoms with E-state index in [0.717, 1.165) is 35.9 Å². The summed E-state index contributed by atoms with van der Waals surface area (Å²) in [5.41, 5.74) is 3.25. The van der Waals surface area contributed by atoms with Gasteiger partial charge in [0.05, 0.1) is 16.3 Å². The number of anilines is 2. The summed E-state index contributed by atoms with van der Waals surface area (Å²) in [5, 5.41) is 7.48. The highest BCUT2D eigenvalue weighted by atomic mass is 35.5. The van der Waals surface area contributed by atoms with Gasteiger partial charge < -0.3 is 15.4 Å². The van der Waals surface area contributed by atoms with Crippen LogP contribution in [0.2, 0.25) is 5.02 Å². The van der Waals surface area contributed by atoms with Crippen molar-refractivity contribution < 1.29 is 4.74 Å². The number of pyridine rings is 1. The fraction of sp³-hybridized carbons (Fsp3) is 0.353. The minimum atomic E-state index is 0.439. The quantitative estimate of drug-likeness (QED) is 0.839. The van der Waals surface area contributed by atoms with E-state index < -0.39 is 0 Å². The molecular weight excluding hydrogens is 298 g/mol. The lowest BCUT2D eigenvalue weighted by Gasteiger charge is -2.23. The van der Waals surface area contributed by atoms with Crippen LogP contribution >= 0.6 is 11.6 Å². The molecule has 2 aromatic rings. The molecule has 0 amide bonds. The highest BCUT2D eigenvalue weighted by Crippen LogP contribution is 2.38. The number of hydrogen-bond donors (Lipinski definition) is 2. The fourth-order valence-corrected chi connectivity index (χ4v) is 3.37. The average molecular weight is 316 g/mol. The van der Waals surface area contributed by atoms with Gasteiger partial charge in [0, 0.05) is 6.20 Å². The summed E-state index contributed by atoms with van der Waals surface area (Å²) in [6.45, 7) is 2.62. The molecule has 2 aliphatic heterocycles. The van der Waals surface area contributed by atoms with E-state index in [9.17, 15) is 0 Å². The van der Waals surface area contributed by atoms with Gasteiger partial charge in [-0.3, -0.25) is 0 Å². The maximum Gasteiger partial charge on any atom is 0.143 e. The number of aromatic nitrogens is 1. The number of benzene rings is 1. The van der Waals surface area contributed by atoms with Gasteiger partial charge in [0.15, 0.2) is 0 Å². The summed E-state index contributed by atoms with van der Waals surface area (Å²) in [6.07, 6.45) is 4.08. The summed E-state index contributed by atoms with van der Waals surface area (Å²) >= 11 is 6.24. The van der Waals surface area contributed by atoms with Crippen molar-refractivity contribution in [2.45, 2.75) is 25.4 Å². The van der Waals surface area contributed by atoms with Gasteiger partial charge in [-0.05, 0) is 55.6 Å². The van der Waals surface area contributed by atoms with E-state index in [1.165, 1.54) is 18.4 Å². The predicted octanol–water partition coefficient (Wildman–Crippen LogP) is 3.84. The van der Waals surface area contributed by atoms with Crippen LogP contribution in [0.5, 0.6) is 5.75 Å². The Morgan fingerprint density at radius 3 is 2.91 bits per heavy atom. The molecular formula is C17H18ClN3O. The second-order valence-electron chi connectivity index (χ2n) is 5.81. The molecule has 3 heterocycles. The van der Waals surface area contributed by atoms with Crippen LogP contribution in [0.4, 0.5) is 11.5 Å². The SMILES string of the molecule is Clc1ccnc2c1COc1ccc(C3CCNCC3)cc1N2. The highest BCUT2D eigenvalue weighted by Gasteiger charge is 2.20. The van der Waals surface area contributed by atoms with Crippen LogP contribution in [0.15, 0.2) is 30.5 Å². The van der Waals surface area contributed by atoms with Crippen molar-refractivity contribution in [1.82, 2.24) is 10.3 Å². The van der Waals surface area contributed by atoms with Crippen LogP contribution in [0, 0.1) is 0 Å². The molecule has 4 nitrogen and oxygen atoms in total. The molecule has 4 rings (SSSR count). The van der Waals surface area contributed by atoms with Crippen molar-refractivity contribution in [1.29, 1.82) is 0 Å². The average Bonchev–Trinajstić information content (AvgIpc) is 2.75. The Morgan fingerprint density at radius 2 is 2.05 bits per heavy atom. The topological polar surface area (TPSA) is 46.2 Å². The lowest BCUT2D eigenvalue weighted by molar-refractivity contribution is 0.310. The van der Waals surface area contributed by atoms with Crippen molar-refractivity contribution >= 4 is 23.1 Å². The molecule has 22 heavy (non-hydrogen) atoms. The van der Waals surface area contributed by atoms with Crippen molar-refractivity contribution in [3.05, 3.63) is 46.6 Å². The molecule has 0 unspecified atom stereocenters. The Bertz CT molecular complexity index is 698. The third-order valence-electron chi connectivity index (χ3n) is 4.44. The van der Waals surface area contributed by atoms with E-state index in [4.69, 9.17) is 16.3 Å². The van der Waals surface area contributed by atoms with Crippen LogP contribution in [0.25, 0.3) is 0 Å². The molecule has 0 bridgehead atoms. The number of nitrogens with one attached hydrogen (secondary N) is 2. The van der Waals surface area contributed by atoms with Gasteiger partial charge in [0.25, 0.3) is 0 Å². The van der Waals surface area contributed by atoms with E-state index in [1.807, 2.05) is 0 Å². The normalized spacial score (nSPS) is 17.7. The minimum Gasteiger partial charge on any atom is -0.487 e. The second kappa shape index (κ2) is 5.78. The van der Waals surface area contributed by atoms with Crippen molar-refractivity contribution in [2.24, 2.45) is 0 Å². The first-order valence-electron chi connectivity index (χ1n) is 7.69. The third kappa shape index (κ3) is 2.53. The van der Waals surface area contributed by atoms with Crippen molar-refractivity contribution in [3.8, 4) is 5.75 Å². The monoisotopic (exact) mass is 315 g/mol. The first-order valence-corrected chi connectivity index (χ1v) is 8.07. The lowest BCUT2D eigenvalue weighted by Crippen LogP contribution is -2.26. The standard InChI is InChI=1S/C17H18ClN3O/c18-14-5-8-20-17-13(14)10-22-16-2-1-12(9-15(16)21-17)11-3-6-19-7-4-11/h1-2,5,8-9,11,19H,3-4,6-7,10H2,(H,20,21). The second-order valence-corrected chi connectivity index (χ2v) is 6.22. The molecule has 1 aromatic carbocycles. The highest BCUT2D eigenvalue weighted by molar-refractivity contribution is 6.31. The Morgan fingerprint density at radius 1 is 1.18 bits per heavy atom. The number of hydrogen-bond acceptors (Lipinski definition) is 4. The van der Waals surface area contributed by atoms with Gasteiger partial charge in [-0.15, -0.1) is 0 Å². The van der Waals surface area contributed by atoms with Gasteiger partial charge in [0.1, 0.15) is 18.2 Å². The summed E-state index contributed by atoms with van der Waals surface area (Å²) in [5.74, 6) is 2.25. The minimum absolute atomic E-state index is 0.439. The Balaban J connectivity index is 1.68. The van der Waals surface area contributed by atoms with Gasteiger partial charge in [-0.25, -0.2) is 4.98 Å². The largest absolute Gasteiger partial charge is 0.487 e. The van der Waals surface area contributed by atoms with Gasteiger partial charge in [0.2, 0.25) is 0 Å². The Kier molecular flexibility index (Phi) is 3.64. The molecule has 0 radical (unpaired) electrons. The summed E-state index contributed by atoms with van der Waals surface area (Å²) in [4.78, 5) is 4.40. The smallest absolute Gasteiger partial charge is 0.143 e. The first kappa shape index (κ1) is 13.9. The molecule has 0 saturated carbocycles. The Hall–Kier alpha value is -1.78. The van der Waals surface area contributed by atoms with Gasteiger partial charge in [-0.1, -0.05) is 17.7 Å². The zero-order chi connectivity index (χ0) is 14.9. The summed E-state index contributed by atoms with van der Waals surface area (Å²) in [6, 6.07) is 8.23. The van der Waals surface area contributed by atoms with Gasteiger partial charge in [-0.2, -0.15) is 0 Å². The molecule has 114 valence electrons. The van der Waals surface area contributed by atoms with Crippen molar-refractivity contribution in [3.63, 3.8) is 0 Å². The van der Waals surface area contributed by atoms with E-state index in [1.54, 1.807) is 12.3 Å². The summed E-state index contributed by atoms with van der Waals surface area (Å²) < 4.78 is 5.90. The molecule has 2 N–H and O–H groups in total. The number of piperidine rings is 1. The summed E-state index contributed by atoms with van der Waals surface area (Å²) in [7, 11) is 0. The molecule has 0 atom stereocenters. The number of rotatable bonds is 1. The molecule has 0 spiro atoms. The lowest BCUT2D eigenvalue weighted by atomic mass is 9.90.